The minimum absolute atomic E-state index is 0.399. The van der Waals surface area contributed by atoms with Crippen LogP contribution >= 0.6 is 27.7 Å². The number of benzene rings is 2. The van der Waals surface area contributed by atoms with Crippen LogP contribution in [0.1, 0.15) is 12.5 Å². The van der Waals surface area contributed by atoms with E-state index in [1.54, 1.807) is 6.92 Å². The Balaban J connectivity index is 1.93. The van der Waals surface area contributed by atoms with Gasteiger partial charge in [0.2, 0.25) is 5.91 Å². The van der Waals surface area contributed by atoms with Gasteiger partial charge in [-0.25, -0.2) is 8.78 Å². The van der Waals surface area contributed by atoms with E-state index in [0.29, 0.717) is 5.75 Å². The van der Waals surface area contributed by atoms with Gasteiger partial charge in [0.15, 0.2) is 0 Å². The van der Waals surface area contributed by atoms with Gasteiger partial charge in [-0.3, -0.25) is 4.79 Å². The SMILES string of the molecule is CC(SCc1ccc(Br)cc1)C(=O)Nc1c(F)cccc1F. The van der Waals surface area contributed by atoms with Crippen LogP contribution in [-0.4, -0.2) is 11.2 Å². The van der Waals surface area contributed by atoms with Crippen LogP contribution in [0.25, 0.3) is 0 Å². The number of hydrogen-bond acceptors (Lipinski definition) is 2. The lowest BCUT2D eigenvalue weighted by Crippen LogP contribution is -2.23. The van der Waals surface area contributed by atoms with E-state index in [1.807, 2.05) is 24.3 Å². The summed E-state index contributed by atoms with van der Waals surface area (Å²) in [7, 11) is 0. The fourth-order valence-electron chi connectivity index (χ4n) is 1.72. The highest BCUT2D eigenvalue weighted by atomic mass is 79.9. The van der Waals surface area contributed by atoms with Crippen molar-refractivity contribution in [1.29, 1.82) is 0 Å². The molecule has 0 radical (unpaired) electrons. The Hall–Kier alpha value is -1.40. The van der Waals surface area contributed by atoms with Crippen LogP contribution in [0.5, 0.6) is 0 Å². The molecule has 1 N–H and O–H groups in total. The lowest BCUT2D eigenvalue weighted by molar-refractivity contribution is -0.115. The first-order valence-electron chi connectivity index (χ1n) is 6.58. The minimum atomic E-state index is -0.779. The molecule has 2 aromatic carbocycles. The molecule has 1 unspecified atom stereocenters. The summed E-state index contributed by atoms with van der Waals surface area (Å²) >= 11 is 4.76. The van der Waals surface area contributed by atoms with Gasteiger partial charge < -0.3 is 5.32 Å². The summed E-state index contributed by atoms with van der Waals surface area (Å²) in [6.07, 6.45) is 0. The molecule has 0 saturated heterocycles. The quantitative estimate of drug-likeness (QED) is 0.785. The molecule has 0 aromatic heterocycles. The minimum Gasteiger partial charge on any atom is -0.320 e. The number of carbonyl (C=O) groups is 1. The predicted molar refractivity (Wildman–Crippen MR) is 89.9 cm³/mol. The molecule has 2 nitrogen and oxygen atoms in total. The van der Waals surface area contributed by atoms with Crippen molar-refractivity contribution in [2.75, 3.05) is 5.32 Å². The highest BCUT2D eigenvalue weighted by Gasteiger charge is 2.17. The van der Waals surface area contributed by atoms with Crippen molar-refractivity contribution in [3.8, 4) is 0 Å². The molecule has 0 aliphatic heterocycles. The zero-order valence-electron chi connectivity index (χ0n) is 11.8. The molecule has 0 spiro atoms. The van der Waals surface area contributed by atoms with Crippen LogP contribution in [-0.2, 0) is 10.5 Å². The Morgan fingerprint density at radius 1 is 1.18 bits per heavy atom. The van der Waals surface area contributed by atoms with Gasteiger partial charge in [-0.2, -0.15) is 0 Å². The summed E-state index contributed by atoms with van der Waals surface area (Å²) in [6, 6.07) is 11.2. The van der Waals surface area contributed by atoms with Crippen molar-refractivity contribution < 1.29 is 13.6 Å². The maximum atomic E-state index is 13.5. The van der Waals surface area contributed by atoms with E-state index in [0.717, 1.165) is 22.2 Å². The van der Waals surface area contributed by atoms with Crippen molar-refractivity contribution in [2.45, 2.75) is 17.9 Å². The number of hydrogen-bond donors (Lipinski definition) is 1. The van der Waals surface area contributed by atoms with E-state index in [4.69, 9.17) is 0 Å². The lowest BCUT2D eigenvalue weighted by atomic mass is 10.2. The first kappa shape index (κ1) is 17.0. The van der Waals surface area contributed by atoms with Crippen LogP contribution in [0.3, 0.4) is 0 Å². The first-order chi connectivity index (χ1) is 10.5. The molecule has 22 heavy (non-hydrogen) atoms. The zero-order chi connectivity index (χ0) is 16.1. The maximum absolute atomic E-state index is 13.5. The topological polar surface area (TPSA) is 29.1 Å². The third kappa shape index (κ3) is 4.55. The Morgan fingerprint density at radius 2 is 1.77 bits per heavy atom. The van der Waals surface area contributed by atoms with E-state index in [-0.39, 0.29) is 0 Å². The average Bonchev–Trinajstić information content (AvgIpc) is 2.50. The number of halogens is 3. The lowest BCUT2D eigenvalue weighted by Gasteiger charge is -2.13. The molecular weight excluding hydrogens is 372 g/mol. The monoisotopic (exact) mass is 385 g/mol. The van der Waals surface area contributed by atoms with Crippen molar-refractivity contribution >= 4 is 39.3 Å². The maximum Gasteiger partial charge on any atom is 0.237 e. The van der Waals surface area contributed by atoms with Crippen LogP contribution in [0, 0.1) is 11.6 Å². The van der Waals surface area contributed by atoms with Gasteiger partial charge in [-0.15, -0.1) is 11.8 Å². The number of nitrogens with one attached hydrogen (secondary N) is 1. The molecule has 0 saturated carbocycles. The van der Waals surface area contributed by atoms with E-state index >= 15 is 0 Å². The molecule has 116 valence electrons. The second-order valence-electron chi connectivity index (χ2n) is 4.67. The Bertz CT molecular complexity index is 643. The molecule has 0 aliphatic carbocycles. The Morgan fingerprint density at radius 3 is 2.36 bits per heavy atom. The number of amides is 1. The molecule has 0 aliphatic rings. The van der Waals surface area contributed by atoms with Gasteiger partial charge >= 0.3 is 0 Å². The highest BCUT2D eigenvalue weighted by Crippen LogP contribution is 2.23. The summed E-state index contributed by atoms with van der Waals surface area (Å²) in [6.45, 7) is 1.71. The first-order valence-corrected chi connectivity index (χ1v) is 8.42. The van der Waals surface area contributed by atoms with Gasteiger partial charge in [0.05, 0.1) is 5.25 Å². The highest BCUT2D eigenvalue weighted by molar-refractivity contribution is 9.10. The molecule has 1 amide bonds. The molecule has 0 bridgehead atoms. The van der Waals surface area contributed by atoms with Gasteiger partial charge in [0, 0.05) is 10.2 Å². The molecule has 0 fully saturated rings. The van der Waals surface area contributed by atoms with Crippen molar-refractivity contribution in [3.63, 3.8) is 0 Å². The average molecular weight is 386 g/mol. The Labute approximate surface area is 140 Å². The summed E-state index contributed by atoms with van der Waals surface area (Å²) in [5.74, 6) is -1.34. The van der Waals surface area contributed by atoms with Gasteiger partial charge in [0.1, 0.15) is 17.3 Å². The predicted octanol–water partition coefficient (Wildman–Crippen LogP) is 4.99. The summed E-state index contributed by atoms with van der Waals surface area (Å²) in [4.78, 5) is 12.0. The molecule has 2 rings (SSSR count). The van der Waals surface area contributed by atoms with Crippen LogP contribution in [0.4, 0.5) is 14.5 Å². The van der Waals surface area contributed by atoms with Crippen molar-refractivity contribution in [2.24, 2.45) is 0 Å². The molecule has 1 atom stereocenters. The van der Waals surface area contributed by atoms with Crippen molar-refractivity contribution in [1.82, 2.24) is 0 Å². The fraction of sp³-hybridized carbons (Fsp3) is 0.188. The van der Waals surface area contributed by atoms with Gasteiger partial charge in [-0.05, 0) is 36.8 Å². The van der Waals surface area contributed by atoms with Crippen LogP contribution in [0.15, 0.2) is 46.9 Å². The Kier molecular flexibility index (Phi) is 5.97. The number of thioether (sulfide) groups is 1. The molecular formula is C16H14BrF2NOS. The van der Waals surface area contributed by atoms with Gasteiger partial charge in [0.25, 0.3) is 0 Å². The zero-order valence-corrected chi connectivity index (χ0v) is 14.2. The normalized spacial score (nSPS) is 12.0. The molecule has 6 heteroatoms. The molecule has 2 aromatic rings. The van der Waals surface area contributed by atoms with E-state index in [2.05, 4.69) is 21.2 Å². The standard InChI is InChI=1S/C16H14BrF2NOS/c1-10(22-9-11-5-7-12(17)8-6-11)16(21)20-15-13(18)3-2-4-14(15)19/h2-8,10H,9H2,1H3,(H,20,21). The fourth-order valence-corrected chi connectivity index (χ4v) is 2.83. The van der Waals surface area contributed by atoms with E-state index in [9.17, 15) is 13.6 Å². The molecule has 0 heterocycles. The summed E-state index contributed by atoms with van der Waals surface area (Å²) < 4.78 is 28.0. The smallest absolute Gasteiger partial charge is 0.237 e. The number of rotatable bonds is 5. The number of anilines is 1. The van der Waals surface area contributed by atoms with E-state index < -0.39 is 28.5 Å². The number of carbonyl (C=O) groups excluding carboxylic acids is 1. The largest absolute Gasteiger partial charge is 0.320 e. The van der Waals surface area contributed by atoms with Crippen molar-refractivity contribution in [3.05, 3.63) is 64.1 Å². The second-order valence-corrected chi connectivity index (χ2v) is 6.91. The third-order valence-electron chi connectivity index (χ3n) is 2.99. The van der Waals surface area contributed by atoms with Crippen LogP contribution in [0.2, 0.25) is 0 Å². The third-order valence-corrected chi connectivity index (χ3v) is 4.74. The summed E-state index contributed by atoms with van der Waals surface area (Å²) in [5.41, 5.74) is 0.675. The second kappa shape index (κ2) is 7.74. The van der Waals surface area contributed by atoms with Crippen LogP contribution < -0.4 is 5.32 Å². The van der Waals surface area contributed by atoms with Gasteiger partial charge in [-0.1, -0.05) is 34.1 Å². The van der Waals surface area contributed by atoms with E-state index in [1.165, 1.54) is 17.8 Å². The number of para-hydroxylation sites is 1. The summed E-state index contributed by atoms with van der Waals surface area (Å²) in [5, 5.41) is 1.88.